The van der Waals surface area contributed by atoms with Crippen LogP contribution in [-0.2, 0) is 30.3 Å². The number of nitrogens with zero attached hydrogens (tertiary/aromatic N) is 1. The molecule has 4 N–H and O–H groups in total. The maximum absolute atomic E-state index is 13.3. The number of benzene rings is 1. The number of methoxy groups -OCH3 is 2. The van der Waals surface area contributed by atoms with Crippen LogP contribution >= 0.6 is 33.9 Å². The van der Waals surface area contributed by atoms with Gasteiger partial charge in [0.2, 0.25) is 11.8 Å². The van der Waals surface area contributed by atoms with Gasteiger partial charge in [-0.05, 0) is 32.3 Å². The van der Waals surface area contributed by atoms with E-state index in [0.29, 0.717) is 16.3 Å². The molecule has 2 rings (SSSR count). The molecular weight excluding hydrogens is 639 g/mol. The van der Waals surface area contributed by atoms with Gasteiger partial charge in [-0.25, -0.2) is 4.98 Å². The van der Waals surface area contributed by atoms with Gasteiger partial charge in [0, 0.05) is 18.6 Å². The van der Waals surface area contributed by atoms with Crippen LogP contribution in [0.15, 0.2) is 36.5 Å². The Bertz CT molecular complexity index is 1110. The molecule has 0 spiro atoms. The monoisotopic (exact) mass is 674 g/mol. The molecule has 0 fully saturated rings. The smallest absolute Gasteiger partial charge is 0.263 e. The zero-order chi connectivity index (χ0) is 29.0. The maximum atomic E-state index is 13.3. The van der Waals surface area contributed by atoms with E-state index in [1.165, 1.54) is 38.7 Å². The van der Waals surface area contributed by atoms with Crippen LogP contribution in [0.4, 0.5) is 0 Å². The lowest BCUT2D eigenvalue weighted by Crippen LogP contribution is -2.59. The van der Waals surface area contributed by atoms with Crippen molar-refractivity contribution >= 4 is 57.4 Å². The minimum Gasteiger partial charge on any atom is -0.382 e. The third-order valence-corrected chi connectivity index (χ3v) is 8.15. The summed E-state index contributed by atoms with van der Waals surface area (Å²) < 4.78 is 10.4. The van der Waals surface area contributed by atoms with Gasteiger partial charge in [0.1, 0.15) is 22.6 Å². The Hall–Kier alpha value is -2.46. The van der Waals surface area contributed by atoms with E-state index >= 15 is 0 Å². The van der Waals surface area contributed by atoms with Crippen LogP contribution in [0.5, 0.6) is 0 Å². The van der Waals surface area contributed by atoms with Crippen LogP contribution in [0.2, 0.25) is 0 Å². The Kier molecular flexibility index (Phi) is 13.4. The van der Waals surface area contributed by atoms with E-state index in [0.717, 1.165) is 5.56 Å². The van der Waals surface area contributed by atoms with E-state index in [1.807, 2.05) is 52.9 Å². The minimum atomic E-state index is -1.65. The number of amides is 3. The highest BCUT2D eigenvalue weighted by molar-refractivity contribution is 14.1. The van der Waals surface area contributed by atoms with E-state index in [4.69, 9.17) is 9.47 Å². The van der Waals surface area contributed by atoms with Crippen molar-refractivity contribution < 1.29 is 33.8 Å². The number of carbonyl (C=O) groups is 4. The average molecular weight is 675 g/mol. The van der Waals surface area contributed by atoms with Crippen LogP contribution in [0.3, 0.4) is 0 Å². The molecule has 0 saturated carbocycles. The number of carbonyl (C=O) groups excluding carboxylic acids is 4. The Balaban J connectivity index is 2.16. The van der Waals surface area contributed by atoms with Gasteiger partial charge in [0.25, 0.3) is 5.91 Å². The first-order chi connectivity index (χ1) is 18.5. The van der Waals surface area contributed by atoms with Crippen molar-refractivity contribution in [2.75, 3.05) is 31.9 Å². The molecule has 0 aliphatic rings. The molecule has 1 aromatic heterocycles. The van der Waals surface area contributed by atoms with Gasteiger partial charge in [-0.1, -0.05) is 52.9 Å². The highest BCUT2D eigenvalue weighted by atomic mass is 127. The molecule has 0 bridgehead atoms. The predicted octanol–water partition coefficient (Wildman–Crippen LogP) is 1.20. The molecule has 1 unspecified atom stereocenters. The molecule has 4 atom stereocenters. The van der Waals surface area contributed by atoms with Crippen LogP contribution in [0.25, 0.3) is 0 Å². The van der Waals surface area contributed by atoms with Crippen molar-refractivity contribution in [1.29, 1.82) is 0 Å². The number of rotatable bonds is 16. The molecule has 11 nitrogen and oxygen atoms in total. The first-order valence-electron chi connectivity index (χ1n) is 12.2. The average Bonchev–Trinajstić information content (AvgIpc) is 3.36. The molecule has 1 heterocycles. The van der Waals surface area contributed by atoms with Crippen molar-refractivity contribution in [1.82, 2.24) is 20.9 Å². The van der Waals surface area contributed by atoms with Gasteiger partial charge in [-0.2, -0.15) is 0 Å². The van der Waals surface area contributed by atoms with Crippen molar-refractivity contribution in [3.05, 3.63) is 52.0 Å². The number of hydrogen-bond acceptors (Lipinski definition) is 9. The molecule has 13 heteroatoms. The number of aromatic nitrogens is 1. The number of ether oxygens (including phenoxy) is 2. The second-order valence-electron chi connectivity index (χ2n) is 9.10. The third-order valence-electron chi connectivity index (χ3n) is 5.76. The predicted molar refractivity (Wildman–Crippen MR) is 155 cm³/mol. The summed E-state index contributed by atoms with van der Waals surface area (Å²) in [5, 5.41) is 19.2. The van der Waals surface area contributed by atoms with Gasteiger partial charge in [-0.15, -0.1) is 11.3 Å². The number of alkyl halides is 1. The summed E-state index contributed by atoms with van der Waals surface area (Å²) in [6, 6.07) is 6.15. The fourth-order valence-electron chi connectivity index (χ4n) is 3.61. The molecule has 0 radical (unpaired) electrons. The summed E-state index contributed by atoms with van der Waals surface area (Å²) >= 11 is 3.09. The second kappa shape index (κ2) is 16.0. The molecular formula is C26H35IN4O7S. The van der Waals surface area contributed by atoms with Crippen LogP contribution < -0.4 is 16.0 Å². The van der Waals surface area contributed by atoms with E-state index < -0.39 is 47.2 Å². The first kappa shape index (κ1) is 32.8. The molecule has 214 valence electrons. The fourth-order valence-corrected chi connectivity index (χ4v) is 4.66. The van der Waals surface area contributed by atoms with Crippen LogP contribution in [0.1, 0.15) is 33.6 Å². The Morgan fingerprint density at radius 1 is 1.00 bits per heavy atom. The second-order valence-corrected chi connectivity index (χ2v) is 11.1. The molecule has 3 amide bonds. The van der Waals surface area contributed by atoms with Crippen LogP contribution in [-0.4, -0.2) is 89.2 Å². The van der Waals surface area contributed by atoms with Gasteiger partial charge in [0.05, 0.1) is 30.5 Å². The normalized spacial score (nSPS) is 14.9. The van der Waals surface area contributed by atoms with Gasteiger partial charge >= 0.3 is 0 Å². The lowest BCUT2D eigenvalue weighted by Gasteiger charge is -2.28. The summed E-state index contributed by atoms with van der Waals surface area (Å²) in [4.78, 5) is 56.4. The summed E-state index contributed by atoms with van der Waals surface area (Å²) in [5.74, 6) is -2.37. The molecule has 39 heavy (non-hydrogen) atoms. The van der Waals surface area contributed by atoms with Crippen molar-refractivity contribution in [2.45, 2.75) is 50.4 Å². The SMILES string of the molecule is COC[C@H](NC(=O)c1cnc(C)s1)C(=O)N[C@@H](COC)C(=O)N[C@@H](CCc1ccccc1)C(=O)C(C)(O)CI. The number of halogens is 1. The third kappa shape index (κ3) is 10.2. The van der Waals surface area contributed by atoms with E-state index in [1.54, 1.807) is 6.92 Å². The number of hydrogen-bond donors (Lipinski definition) is 4. The molecule has 1 aromatic carbocycles. The number of aliphatic hydroxyl groups is 1. The van der Waals surface area contributed by atoms with Gasteiger partial charge < -0.3 is 30.5 Å². The number of Topliss-reactive ketones (excluding diaryl/α,β-unsaturated/α-hetero) is 1. The largest absolute Gasteiger partial charge is 0.382 e. The highest BCUT2D eigenvalue weighted by Crippen LogP contribution is 2.16. The fraction of sp³-hybridized carbons (Fsp3) is 0.500. The first-order valence-corrected chi connectivity index (χ1v) is 14.5. The number of nitrogens with one attached hydrogen (secondary N) is 3. The zero-order valence-electron chi connectivity index (χ0n) is 22.4. The Labute approximate surface area is 245 Å². The molecule has 0 saturated heterocycles. The maximum Gasteiger partial charge on any atom is 0.263 e. The lowest BCUT2D eigenvalue weighted by atomic mass is 9.92. The summed E-state index contributed by atoms with van der Waals surface area (Å²) in [6.07, 6.45) is 2.14. The highest BCUT2D eigenvalue weighted by Gasteiger charge is 2.37. The summed E-state index contributed by atoms with van der Waals surface area (Å²) in [5.41, 5.74) is -0.687. The van der Waals surface area contributed by atoms with E-state index in [-0.39, 0.29) is 24.1 Å². The minimum absolute atomic E-state index is 0.136. The van der Waals surface area contributed by atoms with Crippen LogP contribution in [0, 0.1) is 6.92 Å². The number of aryl methyl sites for hydroxylation is 2. The number of ketones is 1. The topological polar surface area (TPSA) is 156 Å². The zero-order valence-corrected chi connectivity index (χ0v) is 25.3. The number of thiazole rings is 1. The molecule has 0 aliphatic heterocycles. The summed E-state index contributed by atoms with van der Waals surface area (Å²) in [6.45, 7) is 2.82. The van der Waals surface area contributed by atoms with Crippen molar-refractivity contribution in [3.63, 3.8) is 0 Å². The quantitative estimate of drug-likeness (QED) is 0.153. The lowest BCUT2D eigenvalue weighted by molar-refractivity contribution is -0.139. The molecule has 2 aromatic rings. The van der Waals surface area contributed by atoms with E-state index in [2.05, 4.69) is 20.9 Å². The van der Waals surface area contributed by atoms with Crippen molar-refractivity contribution in [3.8, 4) is 0 Å². The Morgan fingerprint density at radius 3 is 2.08 bits per heavy atom. The van der Waals surface area contributed by atoms with Gasteiger partial charge in [0.15, 0.2) is 5.78 Å². The molecule has 0 aliphatic carbocycles. The standard InChI is InChI=1S/C26H35IN4O7S/c1-16-28-12-21(39-16)25(35)31-20(14-38-4)24(34)30-19(13-37-3)23(33)29-18(22(32)26(2,36)15-27)11-10-17-8-6-5-7-9-17/h5-9,12,18-20,36H,10-11,13-15H2,1-4H3,(H,29,33)(H,30,34)(H,31,35)/t18-,19-,20-,26?/m0/s1. The van der Waals surface area contributed by atoms with E-state index in [9.17, 15) is 24.3 Å². The Morgan fingerprint density at radius 2 is 1.56 bits per heavy atom. The summed E-state index contributed by atoms with van der Waals surface area (Å²) in [7, 11) is 2.75. The van der Waals surface area contributed by atoms with Gasteiger partial charge in [-0.3, -0.25) is 19.2 Å². The van der Waals surface area contributed by atoms with Crippen molar-refractivity contribution in [2.24, 2.45) is 0 Å².